The molecule has 0 aliphatic heterocycles. The third-order valence-electron chi connectivity index (χ3n) is 5.25. The van der Waals surface area contributed by atoms with E-state index in [2.05, 4.69) is 10.6 Å². The minimum absolute atomic E-state index is 0.0235. The van der Waals surface area contributed by atoms with Crippen LogP contribution in [0.3, 0.4) is 0 Å². The number of ether oxygens (including phenoxy) is 1. The molecule has 0 atom stereocenters. The van der Waals surface area contributed by atoms with Crippen molar-refractivity contribution in [2.45, 2.75) is 6.54 Å². The van der Waals surface area contributed by atoms with E-state index in [-0.39, 0.29) is 16.8 Å². The first kappa shape index (κ1) is 23.4. The first-order chi connectivity index (χ1) is 16.9. The highest BCUT2D eigenvalue weighted by Crippen LogP contribution is 2.28. The zero-order valence-electron chi connectivity index (χ0n) is 18.8. The van der Waals surface area contributed by atoms with Gasteiger partial charge >= 0.3 is 0 Å². The lowest BCUT2D eigenvalue weighted by atomic mass is 10.2. The van der Waals surface area contributed by atoms with Crippen LogP contribution in [0.1, 0.15) is 26.3 Å². The number of nitrogens with zero attached hydrogens (tertiary/aromatic N) is 1. The number of hydrogen-bond donors (Lipinski definition) is 2. The summed E-state index contributed by atoms with van der Waals surface area (Å²) in [5.74, 6) is -1.33. The van der Waals surface area contributed by atoms with Gasteiger partial charge in [-0.2, -0.15) is 0 Å². The summed E-state index contributed by atoms with van der Waals surface area (Å²) in [5.41, 5.74) is 1.22. The third-order valence-corrected chi connectivity index (χ3v) is 5.25. The van der Waals surface area contributed by atoms with Crippen LogP contribution in [0, 0.1) is 5.82 Å². The maximum absolute atomic E-state index is 13.5. The summed E-state index contributed by atoms with van der Waals surface area (Å²) >= 11 is 0. The molecular weight excluding hydrogens is 449 g/mol. The molecule has 4 rings (SSSR count). The Morgan fingerprint density at radius 3 is 2.43 bits per heavy atom. The highest BCUT2D eigenvalue weighted by Gasteiger charge is 2.15. The lowest BCUT2D eigenvalue weighted by molar-refractivity contribution is 0.101. The zero-order valence-corrected chi connectivity index (χ0v) is 18.8. The fourth-order valence-corrected chi connectivity index (χ4v) is 3.52. The number of carbonyl (C=O) groups excluding carboxylic acids is 2. The molecule has 2 amide bonds. The van der Waals surface area contributed by atoms with Crippen molar-refractivity contribution in [3.05, 3.63) is 124 Å². The molecule has 0 fully saturated rings. The van der Waals surface area contributed by atoms with Crippen molar-refractivity contribution >= 4 is 23.2 Å². The van der Waals surface area contributed by atoms with Gasteiger partial charge in [0.15, 0.2) is 0 Å². The number of aromatic nitrogens is 1. The van der Waals surface area contributed by atoms with E-state index in [1.165, 1.54) is 42.0 Å². The fraction of sp³-hybridized carbons (Fsp3) is 0.0741. The second-order valence-corrected chi connectivity index (χ2v) is 7.67. The quantitative estimate of drug-likeness (QED) is 0.414. The molecule has 2 N–H and O–H groups in total. The van der Waals surface area contributed by atoms with Crippen molar-refractivity contribution < 1.29 is 18.7 Å². The Hall–Kier alpha value is -4.72. The van der Waals surface area contributed by atoms with Gasteiger partial charge in [-0.15, -0.1) is 0 Å². The molecule has 0 unspecified atom stereocenters. The molecule has 4 aromatic rings. The smallest absolute Gasteiger partial charge is 0.263 e. The molecule has 7 nitrogen and oxygen atoms in total. The van der Waals surface area contributed by atoms with E-state index >= 15 is 0 Å². The Kier molecular flexibility index (Phi) is 7.02. The molecule has 0 spiro atoms. The Bertz CT molecular complexity index is 1430. The summed E-state index contributed by atoms with van der Waals surface area (Å²) in [6.45, 7) is 0.333. The molecule has 0 saturated carbocycles. The van der Waals surface area contributed by atoms with Gasteiger partial charge in [-0.1, -0.05) is 36.4 Å². The summed E-state index contributed by atoms with van der Waals surface area (Å²) in [6.07, 6.45) is 1.62. The highest BCUT2D eigenvalue weighted by atomic mass is 19.1. The van der Waals surface area contributed by atoms with Gasteiger partial charge < -0.3 is 19.9 Å². The fourth-order valence-electron chi connectivity index (χ4n) is 3.52. The molecular formula is C27H22FN3O4. The average molecular weight is 471 g/mol. The standard InChI is InChI=1S/C27H22FN3O4/c1-35-24-13-12-21(16-23(24)30-25(32)19-9-5-10-20(28)15-19)29-26(33)22-11-6-14-31(27(22)34)17-18-7-3-2-4-8-18/h2-16H,17H2,1H3,(H,29,33)(H,30,32). The van der Waals surface area contributed by atoms with Crippen LogP contribution in [-0.2, 0) is 6.54 Å². The summed E-state index contributed by atoms with van der Waals surface area (Å²) in [7, 11) is 1.44. The molecule has 0 radical (unpaired) electrons. The van der Waals surface area contributed by atoms with Gasteiger partial charge in [0.25, 0.3) is 17.4 Å². The maximum atomic E-state index is 13.5. The van der Waals surface area contributed by atoms with Crippen molar-refractivity contribution in [2.75, 3.05) is 17.7 Å². The number of benzene rings is 3. The Morgan fingerprint density at radius 1 is 0.886 bits per heavy atom. The zero-order chi connectivity index (χ0) is 24.8. The van der Waals surface area contributed by atoms with Crippen LogP contribution in [0.15, 0.2) is 95.9 Å². The minimum atomic E-state index is -0.593. The Labute approximate surface area is 200 Å². The van der Waals surface area contributed by atoms with E-state index in [9.17, 15) is 18.8 Å². The van der Waals surface area contributed by atoms with Crippen LogP contribution in [0.2, 0.25) is 0 Å². The monoisotopic (exact) mass is 471 g/mol. The number of halogens is 1. The number of anilines is 2. The molecule has 35 heavy (non-hydrogen) atoms. The topological polar surface area (TPSA) is 89.4 Å². The molecule has 3 aromatic carbocycles. The van der Waals surface area contributed by atoms with Gasteiger partial charge in [0.05, 0.1) is 19.3 Å². The van der Waals surface area contributed by atoms with Gasteiger partial charge in [-0.25, -0.2) is 4.39 Å². The predicted molar refractivity (Wildman–Crippen MR) is 132 cm³/mol. The number of pyridine rings is 1. The first-order valence-electron chi connectivity index (χ1n) is 10.7. The largest absolute Gasteiger partial charge is 0.495 e. The van der Waals surface area contributed by atoms with Crippen molar-refractivity contribution in [3.63, 3.8) is 0 Å². The van der Waals surface area contributed by atoms with Crippen LogP contribution in [-0.4, -0.2) is 23.5 Å². The molecule has 0 aliphatic carbocycles. The van der Waals surface area contributed by atoms with Crippen molar-refractivity contribution in [1.29, 1.82) is 0 Å². The van der Waals surface area contributed by atoms with Crippen molar-refractivity contribution in [3.8, 4) is 5.75 Å². The molecule has 8 heteroatoms. The summed E-state index contributed by atoms with van der Waals surface area (Å²) in [4.78, 5) is 38.4. The molecule has 1 aromatic heterocycles. The van der Waals surface area contributed by atoms with Gasteiger partial charge in [-0.05, 0) is 54.1 Å². The highest BCUT2D eigenvalue weighted by molar-refractivity contribution is 6.07. The lowest BCUT2D eigenvalue weighted by Gasteiger charge is -2.13. The molecule has 0 bridgehead atoms. The SMILES string of the molecule is COc1ccc(NC(=O)c2cccn(Cc3ccccc3)c2=O)cc1NC(=O)c1cccc(F)c1. The molecule has 176 valence electrons. The van der Waals surface area contributed by atoms with E-state index in [0.29, 0.717) is 18.0 Å². The molecule has 1 heterocycles. The summed E-state index contributed by atoms with van der Waals surface area (Å²) in [5, 5.41) is 5.34. The number of carbonyl (C=O) groups is 2. The molecule has 0 saturated heterocycles. The molecule has 0 aliphatic rings. The maximum Gasteiger partial charge on any atom is 0.263 e. The van der Waals surface area contributed by atoms with Gasteiger partial charge in [0.2, 0.25) is 0 Å². The second-order valence-electron chi connectivity index (χ2n) is 7.67. The van der Waals surface area contributed by atoms with E-state index in [4.69, 9.17) is 4.74 Å². The van der Waals surface area contributed by atoms with E-state index in [0.717, 1.165) is 11.6 Å². The number of rotatable bonds is 7. The lowest BCUT2D eigenvalue weighted by Crippen LogP contribution is -2.29. The summed E-state index contributed by atoms with van der Waals surface area (Å²) in [6, 6.07) is 22.5. The van der Waals surface area contributed by atoms with Crippen molar-refractivity contribution in [2.24, 2.45) is 0 Å². The number of methoxy groups -OCH3 is 1. The van der Waals surface area contributed by atoms with Crippen molar-refractivity contribution in [1.82, 2.24) is 4.57 Å². The van der Waals surface area contributed by atoms with E-state index in [1.54, 1.807) is 24.4 Å². The van der Waals surface area contributed by atoms with E-state index < -0.39 is 23.2 Å². The average Bonchev–Trinajstić information content (AvgIpc) is 2.86. The Balaban J connectivity index is 1.54. The van der Waals surface area contributed by atoms with Crippen LogP contribution in [0.25, 0.3) is 0 Å². The first-order valence-corrected chi connectivity index (χ1v) is 10.7. The predicted octanol–water partition coefficient (Wildman–Crippen LogP) is 4.55. The third kappa shape index (κ3) is 5.62. The van der Waals surface area contributed by atoms with Gasteiger partial charge in [-0.3, -0.25) is 14.4 Å². The van der Waals surface area contributed by atoms with Gasteiger partial charge in [0, 0.05) is 17.4 Å². The van der Waals surface area contributed by atoms with Gasteiger partial charge in [0.1, 0.15) is 17.1 Å². The normalized spacial score (nSPS) is 10.5. The minimum Gasteiger partial charge on any atom is -0.495 e. The second kappa shape index (κ2) is 10.5. The van der Waals surface area contributed by atoms with Crippen LogP contribution in [0.4, 0.5) is 15.8 Å². The van der Waals surface area contributed by atoms with Crippen LogP contribution in [0.5, 0.6) is 5.75 Å². The summed E-state index contributed by atoms with van der Waals surface area (Å²) < 4.78 is 20.2. The Morgan fingerprint density at radius 2 is 1.69 bits per heavy atom. The number of hydrogen-bond acceptors (Lipinski definition) is 4. The number of nitrogens with one attached hydrogen (secondary N) is 2. The van der Waals surface area contributed by atoms with Crippen LogP contribution >= 0.6 is 0 Å². The van der Waals surface area contributed by atoms with E-state index in [1.807, 2.05) is 30.3 Å². The number of amides is 2. The van der Waals surface area contributed by atoms with Crippen LogP contribution < -0.4 is 20.9 Å².